The molecule has 11 heavy (non-hydrogen) atoms. The first-order valence-electron chi connectivity index (χ1n) is 4.27. The first kappa shape index (κ1) is 11.2. The van der Waals surface area contributed by atoms with Crippen LogP contribution in [0.5, 0.6) is 0 Å². The average Bonchev–Trinajstić information content (AvgIpc) is 2.05. The molecule has 0 amide bonds. The second kappa shape index (κ2) is 5.81. The highest BCUT2D eigenvalue weighted by atomic mass is 35.5. The van der Waals surface area contributed by atoms with Crippen LogP contribution in [0, 0.1) is 11.8 Å². The first-order chi connectivity index (χ1) is 4.86. The summed E-state index contributed by atoms with van der Waals surface area (Å²) in [7, 11) is 0. The third-order valence-corrected chi connectivity index (χ3v) is 2.56. The van der Waals surface area contributed by atoms with Gasteiger partial charge in [-0.15, -0.1) is 12.4 Å². The molecule has 3 heteroatoms. The van der Waals surface area contributed by atoms with Gasteiger partial charge in [0.05, 0.1) is 0 Å². The summed E-state index contributed by atoms with van der Waals surface area (Å²) in [6, 6.07) is 0. The molecule has 0 heterocycles. The van der Waals surface area contributed by atoms with Crippen molar-refractivity contribution in [2.75, 3.05) is 13.1 Å². The van der Waals surface area contributed by atoms with E-state index >= 15 is 0 Å². The van der Waals surface area contributed by atoms with E-state index in [1.807, 2.05) is 0 Å². The Hall–Kier alpha value is 0.210. The van der Waals surface area contributed by atoms with Crippen molar-refractivity contribution in [3.05, 3.63) is 0 Å². The smallest absolute Gasteiger partial charge is 0.00488 e. The molecule has 1 aliphatic rings. The molecule has 0 bridgehead atoms. The molecule has 1 rings (SSSR count). The fourth-order valence-corrected chi connectivity index (χ4v) is 1.83. The summed E-state index contributed by atoms with van der Waals surface area (Å²) in [5, 5.41) is 0. The van der Waals surface area contributed by atoms with E-state index in [-0.39, 0.29) is 12.4 Å². The predicted octanol–water partition coefficient (Wildman–Crippen LogP) is 1.13. The van der Waals surface area contributed by atoms with Gasteiger partial charge in [-0.05, 0) is 44.2 Å². The van der Waals surface area contributed by atoms with E-state index in [1.54, 1.807) is 0 Å². The molecule has 2 unspecified atom stereocenters. The third-order valence-electron chi connectivity index (χ3n) is 2.56. The summed E-state index contributed by atoms with van der Waals surface area (Å²) in [5.41, 5.74) is 11.2. The van der Waals surface area contributed by atoms with Gasteiger partial charge in [-0.1, -0.05) is 6.42 Å². The standard InChI is InChI=1S/C8H18N2.ClH/c9-5-7-2-1-3-8(4-7)6-10;/h7-8H,1-6,9-10H2;1H. The lowest BCUT2D eigenvalue weighted by Gasteiger charge is -2.26. The number of hydrogen-bond acceptors (Lipinski definition) is 2. The highest BCUT2D eigenvalue weighted by molar-refractivity contribution is 5.85. The Bertz CT molecular complexity index is 88.1. The normalized spacial score (nSPS) is 31.1. The zero-order chi connectivity index (χ0) is 7.40. The minimum Gasteiger partial charge on any atom is -0.330 e. The van der Waals surface area contributed by atoms with E-state index in [4.69, 9.17) is 11.5 Å². The molecular formula is C8H19ClN2. The van der Waals surface area contributed by atoms with Gasteiger partial charge in [0.15, 0.2) is 0 Å². The second-order valence-corrected chi connectivity index (χ2v) is 3.37. The second-order valence-electron chi connectivity index (χ2n) is 3.37. The summed E-state index contributed by atoms with van der Waals surface area (Å²) in [6.07, 6.45) is 5.26. The topological polar surface area (TPSA) is 52.0 Å². The Kier molecular flexibility index (Phi) is 5.92. The van der Waals surface area contributed by atoms with E-state index in [9.17, 15) is 0 Å². The molecule has 2 atom stereocenters. The molecule has 1 aliphatic carbocycles. The fraction of sp³-hybridized carbons (Fsp3) is 1.00. The van der Waals surface area contributed by atoms with Crippen molar-refractivity contribution in [1.82, 2.24) is 0 Å². The summed E-state index contributed by atoms with van der Waals surface area (Å²) in [4.78, 5) is 0. The van der Waals surface area contributed by atoms with E-state index in [1.165, 1.54) is 25.7 Å². The van der Waals surface area contributed by atoms with Crippen molar-refractivity contribution in [1.29, 1.82) is 0 Å². The highest BCUT2D eigenvalue weighted by Gasteiger charge is 2.19. The maximum absolute atomic E-state index is 5.58. The predicted molar refractivity (Wildman–Crippen MR) is 50.8 cm³/mol. The molecule has 68 valence electrons. The van der Waals surface area contributed by atoms with Gasteiger partial charge in [0.1, 0.15) is 0 Å². The first-order valence-corrected chi connectivity index (χ1v) is 4.27. The van der Waals surface area contributed by atoms with Crippen LogP contribution in [0.3, 0.4) is 0 Å². The monoisotopic (exact) mass is 178 g/mol. The average molecular weight is 179 g/mol. The van der Waals surface area contributed by atoms with Crippen molar-refractivity contribution >= 4 is 12.4 Å². The van der Waals surface area contributed by atoms with E-state index in [0.29, 0.717) is 0 Å². The van der Waals surface area contributed by atoms with Gasteiger partial charge in [-0.2, -0.15) is 0 Å². The molecule has 0 aromatic rings. The summed E-state index contributed by atoms with van der Waals surface area (Å²) in [6.45, 7) is 1.72. The quantitative estimate of drug-likeness (QED) is 0.666. The third kappa shape index (κ3) is 3.41. The molecule has 0 radical (unpaired) electrons. The molecule has 0 aliphatic heterocycles. The van der Waals surface area contributed by atoms with E-state index < -0.39 is 0 Å². The van der Waals surface area contributed by atoms with Crippen LogP contribution in [-0.2, 0) is 0 Å². The Morgan fingerprint density at radius 2 is 1.45 bits per heavy atom. The number of nitrogens with two attached hydrogens (primary N) is 2. The van der Waals surface area contributed by atoms with Gasteiger partial charge >= 0.3 is 0 Å². The van der Waals surface area contributed by atoms with Crippen LogP contribution in [0.15, 0.2) is 0 Å². The van der Waals surface area contributed by atoms with Crippen LogP contribution in [0.2, 0.25) is 0 Å². The molecule has 0 spiro atoms. The largest absolute Gasteiger partial charge is 0.330 e. The molecule has 0 aromatic carbocycles. The summed E-state index contributed by atoms with van der Waals surface area (Å²) >= 11 is 0. The summed E-state index contributed by atoms with van der Waals surface area (Å²) < 4.78 is 0. The van der Waals surface area contributed by atoms with Crippen molar-refractivity contribution in [2.45, 2.75) is 25.7 Å². The van der Waals surface area contributed by atoms with Gasteiger partial charge in [-0.3, -0.25) is 0 Å². The number of hydrogen-bond donors (Lipinski definition) is 2. The highest BCUT2D eigenvalue weighted by Crippen LogP contribution is 2.27. The lowest BCUT2D eigenvalue weighted by atomic mass is 9.81. The zero-order valence-corrected chi connectivity index (χ0v) is 7.78. The van der Waals surface area contributed by atoms with Gasteiger partial charge in [-0.25, -0.2) is 0 Å². The zero-order valence-electron chi connectivity index (χ0n) is 6.96. The van der Waals surface area contributed by atoms with Crippen molar-refractivity contribution in [2.24, 2.45) is 23.3 Å². The fourth-order valence-electron chi connectivity index (χ4n) is 1.83. The number of halogens is 1. The molecular weight excluding hydrogens is 160 g/mol. The van der Waals surface area contributed by atoms with Crippen molar-refractivity contribution < 1.29 is 0 Å². The van der Waals surface area contributed by atoms with Crippen molar-refractivity contribution in [3.8, 4) is 0 Å². The van der Waals surface area contributed by atoms with Crippen LogP contribution in [0.4, 0.5) is 0 Å². The van der Waals surface area contributed by atoms with Crippen LogP contribution in [0.1, 0.15) is 25.7 Å². The Morgan fingerprint density at radius 3 is 1.82 bits per heavy atom. The molecule has 0 saturated heterocycles. The lowest BCUT2D eigenvalue weighted by molar-refractivity contribution is 0.277. The van der Waals surface area contributed by atoms with Crippen LogP contribution in [-0.4, -0.2) is 13.1 Å². The summed E-state index contributed by atoms with van der Waals surface area (Å²) in [5.74, 6) is 1.53. The van der Waals surface area contributed by atoms with Gasteiger partial charge in [0, 0.05) is 0 Å². The van der Waals surface area contributed by atoms with Crippen LogP contribution < -0.4 is 11.5 Å². The molecule has 4 N–H and O–H groups in total. The van der Waals surface area contributed by atoms with Gasteiger partial charge < -0.3 is 11.5 Å². The Morgan fingerprint density at radius 1 is 1.00 bits per heavy atom. The van der Waals surface area contributed by atoms with E-state index in [2.05, 4.69) is 0 Å². The number of rotatable bonds is 2. The minimum absolute atomic E-state index is 0. The van der Waals surface area contributed by atoms with Crippen LogP contribution in [0.25, 0.3) is 0 Å². The molecule has 0 aromatic heterocycles. The minimum atomic E-state index is 0. The molecule has 2 nitrogen and oxygen atoms in total. The SMILES string of the molecule is Cl.NCC1CCCC(CN)C1. The van der Waals surface area contributed by atoms with Crippen LogP contribution >= 0.6 is 12.4 Å². The van der Waals surface area contributed by atoms with E-state index in [0.717, 1.165) is 24.9 Å². The lowest BCUT2D eigenvalue weighted by Crippen LogP contribution is -2.26. The molecule has 1 fully saturated rings. The maximum atomic E-state index is 5.58. The Labute approximate surface area is 75.1 Å². The Balaban J connectivity index is 0.000001000. The van der Waals surface area contributed by atoms with Crippen molar-refractivity contribution in [3.63, 3.8) is 0 Å². The van der Waals surface area contributed by atoms with Gasteiger partial charge in [0.2, 0.25) is 0 Å². The molecule has 1 saturated carbocycles. The van der Waals surface area contributed by atoms with Gasteiger partial charge in [0.25, 0.3) is 0 Å². The maximum Gasteiger partial charge on any atom is -0.00488 e.